The molecule has 13 heavy (non-hydrogen) atoms. The molecule has 2 nitrogen and oxygen atoms in total. The predicted molar refractivity (Wildman–Crippen MR) is 59.9 cm³/mol. The Morgan fingerprint density at radius 3 is 3.00 bits per heavy atom. The minimum absolute atomic E-state index is 0.619. The molecule has 0 spiro atoms. The molecule has 1 aliphatic rings. The van der Waals surface area contributed by atoms with Crippen molar-refractivity contribution in [1.82, 2.24) is 4.90 Å². The Morgan fingerprint density at radius 2 is 2.54 bits per heavy atom. The van der Waals surface area contributed by atoms with E-state index in [1.165, 1.54) is 22.3 Å². The lowest BCUT2D eigenvalue weighted by Gasteiger charge is -2.40. The Kier molecular flexibility index (Phi) is 3.03. The average molecular weight is 261 g/mol. The van der Waals surface area contributed by atoms with Crippen molar-refractivity contribution in [2.24, 2.45) is 5.73 Å². The molecule has 2 rings (SSSR count). The minimum Gasteiger partial charge on any atom is -0.329 e. The fourth-order valence-electron chi connectivity index (χ4n) is 1.59. The van der Waals surface area contributed by atoms with Gasteiger partial charge in [-0.05, 0) is 33.8 Å². The zero-order chi connectivity index (χ0) is 9.26. The average Bonchev–Trinajstić information content (AvgIpc) is 2.46. The molecule has 1 aromatic heterocycles. The zero-order valence-electron chi connectivity index (χ0n) is 7.37. The largest absolute Gasteiger partial charge is 0.329 e. The first-order valence-corrected chi connectivity index (χ1v) is 6.14. The summed E-state index contributed by atoms with van der Waals surface area (Å²) < 4.78 is 1.24. The van der Waals surface area contributed by atoms with Crippen molar-refractivity contribution >= 4 is 27.3 Å². The second kappa shape index (κ2) is 4.09. The number of hydrogen-bond acceptors (Lipinski definition) is 3. The van der Waals surface area contributed by atoms with Crippen molar-refractivity contribution in [2.75, 3.05) is 13.1 Å². The highest BCUT2D eigenvalue weighted by molar-refractivity contribution is 9.10. The molecule has 0 aromatic carbocycles. The monoisotopic (exact) mass is 260 g/mol. The number of halogens is 1. The van der Waals surface area contributed by atoms with Crippen LogP contribution in [0.5, 0.6) is 0 Å². The summed E-state index contributed by atoms with van der Waals surface area (Å²) in [5.74, 6) is 0. The van der Waals surface area contributed by atoms with E-state index in [4.69, 9.17) is 5.73 Å². The number of likely N-dealkylation sites (tertiary alicyclic amines) is 1. The topological polar surface area (TPSA) is 29.3 Å². The van der Waals surface area contributed by atoms with Crippen LogP contribution in [0.3, 0.4) is 0 Å². The Morgan fingerprint density at radius 1 is 1.69 bits per heavy atom. The van der Waals surface area contributed by atoms with Crippen LogP contribution >= 0.6 is 27.3 Å². The Bertz CT molecular complexity index is 285. The van der Waals surface area contributed by atoms with Gasteiger partial charge in [0.15, 0.2) is 0 Å². The highest BCUT2D eigenvalue weighted by atomic mass is 79.9. The fourth-order valence-corrected chi connectivity index (χ4v) is 3.09. The Balaban J connectivity index is 1.95. The molecule has 1 aliphatic heterocycles. The summed E-state index contributed by atoms with van der Waals surface area (Å²) in [6.45, 7) is 3.05. The van der Waals surface area contributed by atoms with Crippen LogP contribution in [0.25, 0.3) is 0 Å². The van der Waals surface area contributed by atoms with Crippen LogP contribution in [-0.2, 0) is 6.54 Å². The van der Waals surface area contributed by atoms with E-state index in [1.54, 1.807) is 0 Å². The molecule has 0 bridgehead atoms. The van der Waals surface area contributed by atoms with Crippen molar-refractivity contribution in [3.63, 3.8) is 0 Å². The second-order valence-electron chi connectivity index (χ2n) is 3.34. The van der Waals surface area contributed by atoms with Crippen molar-refractivity contribution < 1.29 is 0 Å². The van der Waals surface area contributed by atoms with E-state index >= 15 is 0 Å². The zero-order valence-corrected chi connectivity index (χ0v) is 9.77. The number of rotatable bonds is 3. The van der Waals surface area contributed by atoms with E-state index in [0.29, 0.717) is 6.04 Å². The fraction of sp³-hybridized carbons (Fsp3) is 0.556. The SMILES string of the molecule is NCC1CCN1Cc1sccc1Br. The summed E-state index contributed by atoms with van der Waals surface area (Å²) in [5, 5.41) is 2.12. The highest BCUT2D eigenvalue weighted by Crippen LogP contribution is 2.27. The van der Waals surface area contributed by atoms with Gasteiger partial charge in [0.1, 0.15) is 0 Å². The summed E-state index contributed by atoms with van der Waals surface area (Å²) in [7, 11) is 0. The van der Waals surface area contributed by atoms with Gasteiger partial charge in [-0.15, -0.1) is 11.3 Å². The summed E-state index contributed by atoms with van der Waals surface area (Å²) in [5.41, 5.74) is 5.64. The van der Waals surface area contributed by atoms with Crippen LogP contribution in [0.15, 0.2) is 15.9 Å². The lowest BCUT2D eigenvalue weighted by molar-refractivity contribution is 0.0892. The van der Waals surface area contributed by atoms with Gasteiger partial charge in [-0.2, -0.15) is 0 Å². The van der Waals surface area contributed by atoms with Gasteiger partial charge in [0, 0.05) is 35.0 Å². The maximum atomic E-state index is 5.64. The first-order valence-electron chi connectivity index (χ1n) is 4.47. The summed E-state index contributed by atoms with van der Waals surface area (Å²) in [6, 6.07) is 2.73. The number of hydrogen-bond donors (Lipinski definition) is 1. The Hall–Kier alpha value is 0.100. The van der Waals surface area contributed by atoms with Gasteiger partial charge in [0.25, 0.3) is 0 Å². The molecule has 0 radical (unpaired) electrons. The summed E-state index contributed by atoms with van der Waals surface area (Å²) >= 11 is 5.35. The molecule has 1 fully saturated rings. The van der Waals surface area contributed by atoms with E-state index in [-0.39, 0.29) is 0 Å². The molecule has 1 aromatic rings. The molecule has 0 aliphatic carbocycles. The molecule has 1 unspecified atom stereocenters. The smallest absolute Gasteiger partial charge is 0.0342 e. The van der Waals surface area contributed by atoms with Crippen LogP contribution in [-0.4, -0.2) is 24.0 Å². The molecular formula is C9H13BrN2S. The molecule has 1 saturated heterocycles. The number of nitrogens with two attached hydrogens (primary N) is 1. The first-order chi connectivity index (χ1) is 6.31. The minimum atomic E-state index is 0.619. The van der Waals surface area contributed by atoms with Crippen molar-refractivity contribution in [3.05, 3.63) is 20.8 Å². The molecule has 2 heterocycles. The molecule has 2 N–H and O–H groups in total. The lowest BCUT2D eigenvalue weighted by atomic mass is 10.0. The van der Waals surface area contributed by atoms with Crippen molar-refractivity contribution in [1.29, 1.82) is 0 Å². The summed E-state index contributed by atoms with van der Waals surface area (Å²) in [6.07, 6.45) is 1.26. The summed E-state index contributed by atoms with van der Waals surface area (Å²) in [4.78, 5) is 3.86. The highest BCUT2D eigenvalue weighted by Gasteiger charge is 2.26. The molecule has 4 heteroatoms. The van der Waals surface area contributed by atoms with Crippen molar-refractivity contribution in [2.45, 2.75) is 19.0 Å². The molecular weight excluding hydrogens is 248 g/mol. The van der Waals surface area contributed by atoms with Crippen LogP contribution in [0.1, 0.15) is 11.3 Å². The van der Waals surface area contributed by atoms with Gasteiger partial charge in [-0.3, -0.25) is 4.90 Å². The van der Waals surface area contributed by atoms with Gasteiger partial charge in [-0.1, -0.05) is 0 Å². The van der Waals surface area contributed by atoms with Crippen molar-refractivity contribution in [3.8, 4) is 0 Å². The third-order valence-electron chi connectivity index (χ3n) is 2.58. The maximum absolute atomic E-state index is 5.64. The molecule has 1 atom stereocenters. The van der Waals surface area contributed by atoms with Crippen LogP contribution < -0.4 is 5.73 Å². The predicted octanol–water partition coefficient (Wildman–Crippen LogP) is 2.04. The molecule has 0 amide bonds. The Labute approximate surface area is 90.9 Å². The van der Waals surface area contributed by atoms with Crippen LogP contribution in [0.4, 0.5) is 0 Å². The van der Waals surface area contributed by atoms with Gasteiger partial charge in [0.05, 0.1) is 0 Å². The quantitative estimate of drug-likeness (QED) is 0.902. The van der Waals surface area contributed by atoms with E-state index < -0.39 is 0 Å². The van der Waals surface area contributed by atoms with E-state index in [1.807, 2.05) is 11.3 Å². The van der Waals surface area contributed by atoms with Gasteiger partial charge in [-0.25, -0.2) is 0 Å². The van der Waals surface area contributed by atoms with Crippen LogP contribution in [0, 0.1) is 0 Å². The lowest BCUT2D eigenvalue weighted by Crippen LogP contribution is -2.50. The standard InChI is InChI=1S/C9H13BrN2S/c10-8-2-4-13-9(8)6-12-3-1-7(12)5-11/h2,4,7H,1,3,5-6,11H2. The normalized spacial score (nSPS) is 23.1. The molecule has 72 valence electrons. The van der Waals surface area contributed by atoms with E-state index in [0.717, 1.165) is 13.1 Å². The van der Waals surface area contributed by atoms with E-state index in [2.05, 4.69) is 32.3 Å². The van der Waals surface area contributed by atoms with Gasteiger partial charge < -0.3 is 5.73 Å². The van der Waals surface area contributed by atoms with Crippen LogP contribution in [0.2, 0.25) is 0 Å². The van der Waals surface area contributed by atoms with Gasteiger partial charge in [0.2, 0.25) is 0 Å². The van der Waals surface area contributed by atoms with Gasteiger partial charge >= 0.3 is 0 Å². The third kappa shape index (κ3) is 1.96. The second-order valence-corrected chi connectivity index (χ2v) is 5.20. The third-order valence-corrected chi connectivity index (χ3v) is 4.49. The first kappa shape index (κ1) is 9.65. The van der Waals surface area contributed by atoms with E-state index in [9.17, 15) is 0 Å². The maximum Gasteiger partial charge on any atom is 0.0342 e. The number of thiophene rings is 1. The number of nitrogens with zero attached hydrogens (tertiary/aromatic N) is 1. The molecule has 0 saturated carbocycles.